The number of carbonyl (C=O) groups is 1. The second kappa shape index (κ2) is 8.20. The predicted molar refractivity (Wildman–Crippen MR) is 120 cm³/mol. The lowest BCUT2D eigenvalue weighted by molar-refractivity contribution is -0.114. The van der Waals surface area contributed by atoms with Gasteiger partial charge < -0.3 is 10.2 Å². The Morgan fingerprint density at radius 2 is 2.10 bits per heavy atom. The van der Waals surface area contributed by atoms with Crippen molar-refractivity contribution < 1.29 is 17.6 Å². The summed E-state index contributed by atoms with van der Waals surface area (Å²) in [7, 11) is -3.07. The number of hydrogen-bond acceptors (Lipinski definition) is 6. The molecule has 2 aliphatic heterocycles. The van der Waals surface area contributed by atoms with E-state index in [1.165, 1.54) is 30.0 Å². The summed E-state index contributed by atoms with van der Waals surface area (Å²) in [5.74, 6) is -0.755. The molecule has 1 saturated heterocycles. The van der Waals surface area contributed by atoms with Crippen LogP contribution in [0.3, 0.4) is 0 Å². The maximum Gasteiger partial charge on any atom is 0.244 e. The topological polar surface area (TPSA) is 78.8 Å². The van der Waals surface area contributed by atoms with Crippen LogP contribution in [0.4, 0.5) is 15.8 Å². The number of fused-ring (bicyclic) bond motifs is 1. The summed E-state index contributed by atoms with van der Waals surface area (Å²) in [6, 6.07) is 11.3. The number of hydrogen-bond donors (Lipinski definition) is 1. The van der Waals surface area contributed by atoms with Crippen LogP contribution in [0, 0.1) is 12.7 Å². The smallest absolute Gasteiger partial charge is 0.244 e. The first-order chi connectivity index (χ1) is 14.2. The van der Waals surface area contributed by atoms with Crippen LogP contribution in [0.25, 0.3) is 0 Å². The fourth-order valence-corrected chi connectivity index (χ4v) is 7.41. The Bertz CT molecular complexity index is 1140. The number of thioether (sulfide) groups is 1. The highest BCUT2D eigenvalue weighted by Crippen LogP contribution is 2.37. The molecule has 0 bridgehead atoms. The number of nitrogens with one attached hydrogen (secondary N) is 1. The number of benzene rings is 2. The Balaban J connectivity index is 1.57. The van der Waals surface area contributed by atoms with Gasteiger partial charge in [-0.1, -0.05) is 35.5 Å². The average molecular weight is 468 g/mol. The summed E-state index contributed by atoms with van der Waals surface area (Å²) >= 11 is 7.18. The number of nitrogens with zero attached hydrogens (tertiary/aromatic N) is 2. The third kappa shape index (κ3) is 4.63. The van der Waals surface area contributed by atoms with Crippen molar-refractivity contribution in [1.29, 1.82) is 0 Å². The zero-order chi connectivity index (χ0) is 21.5. The maximum atomic E-state index is 13.4. The number of halogens is 2. The van der Waals surface area contributed by atoms with E-state index in [2.05, 4.69) is 10.3 Å². The molecule has 0 aliphatic carbocycles. The number of aryl methyl sites for hydroxylation is 1. The third-order valence-corrected chi connectivity index (χ3v) is 8.39. The summed E-state index contributed by atoms with van der Waals surface area (Å²) < 4.78 is 37.1. The lowest BCUT2D eigenvalue weighted by Gasteiger charge is -2.24. The van der Waals surface area contributed by atoms with Crippen molar-refractivity contribution in [3.05, 3.63) is 58.9 Å². The van der Waals surface area contributed by atoms with Gasteiger partial charge in [-0.3, -0.25) is 9.79 Å². The molecule has 158 valence electrons. The molecule has 4 rings (SSSR count). The normalized spacial score (nSPS) is 21.8. The minimum Gasteiger partial charge on any atom is -0.324 e. The molecule has 0 radical (unpaired) electrons. The van der Waals surface area contributed by atoms with E-state index in [0.717, 1.165) is 11.3 Å². The molecule has 2 aromatic rings. The van der Waals surface area contributed by atoms with Crippen molar-refractivity contribution in [1.82, 2.24) is 0 Å². The molecule has 2 atom stereocenters. The van der Waals surface area contributed by atoms with E-state index in [9.17, 15) is 17.6 Å². The van der Waals surface area contributed by atoms with Crippen molar-refractivity contribution in [2.75, 3.05) is 28.3 Å². The highest BCUT2D eigenvalue weighted by atomic mass is 35.5. The van der Waals surface area contributed by atoms with Gasteiger partial charge in [0.05, 0.1) is 22.6 Å². The fourth-order valence-electron chi connectivity index (χ4n) is 3.45. The Morgan fingerprint density at radius 3 is 2.80 bits per heavy atom. The molecule has 10 heteroatoms. The second-order valence-electron chi connectivity index (χ2n) is 7.31. The van der Waals surface area contributed by atoms with Gasteiger partial charge >= 0.3 is 0 Å². The van der Waals surface area contributed by atoms with Gasteiger partial charge in [0.15, 0.2) is 15.0 Å². The molecule has 30 heavy (non-hydrogen) atoms. The molecule has 1 fully saturated rings. The molecule has 1 N–H and O–H groups in total. The zero-order valence-electron chi connectivity index (χ0n) is 16.0. The Morgan fingerprint density at radius 1 is 1.30 bits per heavy atom. The molecule has 0 spiro atoms. The number of amides is 1. The molecule has 2 heterocycles. The minimum atomic E-state index is -3.07. The lowest BCUT2D eigenvalue weighted by atomic mass is 10.2. The van der Waals surface area contributed by atoms with Crippen molar-refractivity contribution in [3.8, 4) is 0 Å². The van der Waals surface area contributed by atoms with E-state index in [1.54, 1.807) is 4.90 Å². The van der Waals surface area contributed by atoms with Crippen LogP contribution in [0.2, 0.25) is 5.02 Å². The number of aliphatic imine (C=N–C) groups is 1. The molecular formula is C20H19ClFN3O3S2. The largest absolute Gasteiger partial charge is 0.324 e. The van der Waals surface area contributed by atoms with Gasteiger partial charge in [-0.15, -0.1) is 0 Å². The molecule has 6 nitrogen and oxygen atoms in total. The van der Waals surface area contributed by atoms with Crippen molar-refractivity contribution in [2.45, 2.75) is 18.2 Å². The Labute approximate surface area is 183 Å². The summed E-state index contributed by atoms with van der Waals surface area (Å²) in [4.78, 5) is 19.1. The van der Waals surface area contributed by atoms with Crippen LogP contribution >= 0.6 is 23.4 Å². The van der Waals surface area contributed by atoms with Crippen LogP contribution in [0.1, 0.15) is 5.56 Å². The van der Waals surface area contributed by atoms with Gasteiger partial charge in [0, 0.05) is 16.6 Å². The van der Waals surface area contributed by atoms with E-state index in [1.807, 2.05) is 31.2 Å². The van der Waals surface area contributed by atoms with Gasteiger partial charge in [-0.25, -0.2) is 12.8 Å². The second-order valence-corrected chi connectivity index (χ2v) is 11.1. The highest BCUT2D eigenvalue weighted by Gasteiger charge is 2.44. The first kappa shape index (κ1) is 21.1. The molecule has 2 aromatic carbocycles. The van der Waals surface area contributed by atoms with E-state index >= 15 is 0 Å². The van der Waals surface area contributed by atoms with E-state index in [4.69, 9.17) is 11.6 Å². The molecule has 0 saturated carbocycles. The molecule has 2 aliphatic rings. The van der Waals surface area contributed by atoms with Crippen LogP contribution in [0.15, 0.2) is 47.5 Å². The number of amidine groups is 1. The lowest BCUT2D eigenvalue weighted by Crippen LogP contribution is -2.36. The van der Waals surface area contributed by atoms with Crippen molar-refractivity contribution in [3.63, 3.8) is 0 Å². The van der Waals surface area contributed by atoms with E-state index < -0.39 is 15.7 Å². The van der Waals surface area contributed by atoms with Crippen LogP contribution < -0.4 is 10.2 Å². The Kier molecular flexibility index (Phi) is 5.78. The number of anilines is 2. The molecule has 0 aromatic heterocycles. The monoisotopic (exact) mass is 467 g/mol. The molecule has 0 unspecified atom stereocenters. The minimum absolute atomic E-state index is 0.0313. The summed E-state index contributed by atoms with van der Waals surface area (Å²) in [6.45, 7) is 1.92. The summed E-state index contributed by atoms with van der Waals surface area (Å²) in [5.41, 5.74) is 2.20. The zero-order valence-corrected chi connectivity index (χ0v) is 18.4. The van der Waals surface area contributed by atoms with Gasteiger partial charge in [-0.05, 0) is 42.8 Å². The van der Waals surface area contributed by atoms with Gasteiger partial charge in [0.2, 0.25) is 5.91 Å². The average Bonchev–Trinajstić information content (AvgIpc) is 3.16. The van der Waals surface area contributed by atoms with E-state index in [0.29, 0.717) is 10.9 Å². The standard InChI is InChI=1S/C20H19ClFN3O3S2/c1-12-3-2-4-14(7-12)25(20-24-17-10-30(27,28)11-18(17)29-20)9-19(26)23-13-5-6-16(22)15(21)8-13/h2-8,17-18H,9-11H2,1H3,(H,23,26)/t17-,18-/m0/s1. The van der Waals surface area contributed by atoms with Crippen molar-refractivity contribution in [2.24, 2.45) is 4.99 Å². The van der Waals surface area contributed by atoms with Crippen LogP contribution in [-0.2, 0) is 14.6 Å². The number of carbonyl (C=O) groups excluding carboxylic acids is 1. The summed E-state index contributed by atoms with van der Waals surface area (Å²) in [6.07, 6.45) is 0. The Hall–Kier alpha value is -2.10. The van der Waals surface area contributed by atoms with Gasteiger partial charge in [-0.2, -0.15) is 0 Å². The summed E-state index contributed by atoms with van der Waals surface area (Å²) in [5, 5.41) is 3.14. The SMILES string of the molecule is Cc1cccc(N(CC(=O)Nc2ccc(F)c(Cl)c2)C2=N[C@H]3CS(=O)(=O)C[C@@H]3S2)c1. The number of sulfone groups is 1. The third-order valence-electron chi connectivity index (χ3n) is 4.85. The first-order valence-corrected chi connectivity index (χ1v) is 12.3. The predicted octanol–water partition coefficient (Wildman–Crippen LogP) is 3.50. The van der Waals surface area contributed by atoms with Crippen LogP contribution in [-0.4, -0.2) is 48.8 Å². The molecular weight excluding hydrogens is 449 g/mol. The highest BCUT2D eigenvalue weighted by molar-refractivity contribution is 8.15. The van der Waals surface area contributed by atoms with E-state index in [-0.39, 0.29) is 40.3 Å². The van der Waals surface area contributed by atoms with Crippen molar-refractivity contribution >= 4 is 55.6 Å². The first-order valence-electron chi connectivity index (χ1n) is 9.24. The molecule has 1 amide bonds. The number of rotatable bonds is 4. The van der Waals surface area contributed by atoms with Crippen LogP contribution in [0.5, 0.6) is 0 Å². The van der Waals surface area contributed by atoms with Gasteiger partial charge in [0.25, 0.3) is 0 Å². The quantitative estimate of drug-likeness (QED) is 0.744. The maximum absolute atomic E-state index is 13.4. The van der Waals surface area contributed by atoms with Gasteiger partial charge in [0.1, 0.15) is 12.4 Å². The fraction of sp³-hybridized carbons (Fsp3) is 0.300.